The summed E-state index contributed by atoms with van der Waals surface area (Å²) in [7, 11) is 0. The molecule has 1 amide bonds. The van der Waals surface area contributed by atoms with Crippen LogP contribution in [-0.2, 0) is 0 Å². The summed E-state index contributed by atoms with van der Waals surface area (Å²) in [5, 5.41) is 11.6. The Hall–Kier alpha value is -4.93. The van der Waals surface area contributed by atoms with Crippen molar-refractivity contribution in [2.45, 2.75) is 25.7 Å². The number of pyridine rings is 1. The van der Waals surface area contributed by atoms with Gasteiger partial charge in [-0.15, -0.1) is 0 Å². The Kier molecular flexibility index (Phi) is 5.87. The summed E-state index contributed by atoms with van der Waals surface area (Å²) >= 11 is 0. The average Bonchev–Trinajstić information content (AvgIpc) is 3.64. The third kappa shape index (κ3) is 4.07. The lowest BCUT2D eigenvalue weighted by molar-refractivity contribution is 0.0699. The Morgan fingerprint density at radius 1 is 1.00 bits per heavy atom. The third-order valence-corrected chi connectivity index (χ3v) is 6.96. The molecule has 38 heavy (non-hydrogen) atoms. The lowest BCUT2D eigenvalue weighted by Gasteiger charge is -2.32. The van der Waals surface area contributed by atoms with Gasteiger partial charge >= 0.3 is 0 Å². The fourth-order valence-corrected chi connectivity index (χ4v) is 5.00. The number of carbonyl (C=O) groups is 2. The van der Waals surface area contributed by atoms with Gasteiger partial charge in [0.25, 0.3) is 5.91 Å². The SMILES string of the molecule is CC(=O)c1c(C2CCN(C(=O)c3cnon3)CC2)nc2c(-c3ccc(-c4ccccc4)nc3)cnn2c1N. The number of benzene rings is 1. The van der Waals surface area contributed by atoms with E-state index in [1.54, 1.807) is 17.3 Å². The van der Waals surface area contributed by atoms with Crippen molar-refractivity contribution in [2.24, 2.45) is 0 Å². The van der Waals surface area contributed by atoms with Crippen LogP contribution < -0.4 is 5.73 Å². The molecule has 11 heteroatoms. The highest BCUT2D eigenvalue weighted by Crippen LogP contribution is 2.35. The van der Waals surface area contributed by atoms with Crippen LogP contribution in [0.3, 0.4) is 0 Å². The summed E-state index contributed by atoms with van der Waals surface area (Å²) in [6.45, 7) is 2.45. The number of likely N-dealkylation sites (tertiary alicyclic amines) is 1. The van der Waals surface area contributed by atoms with Crippen LogP contribution in [0.4, 0.5) is 5.82 Å². The average molecular weight is 509 g/mol. The van der Waals surface area contributed by atoms with E-state index in [-0.39, 0.29) is 29.1 Å². The standard InChI is InChI=1S/C27H24N8O3/c1-16(36)23-24(18-9-11-34(12-10-18)27(37)22-15-31-38-33-22)32-26-20(14-30-35(26)25(23)28)19-7-8-21(29-13-19)17-5-3-2-4-6-17/h2-8,13-15,18H,9-12,28H2,1H3. The summed E-state index contributed by atoms with van der Waals surface area (Å²) in [6.07, 6.45) is 6.03. The molecule has 5 aromatic rings. The lowest BCUT2D eigenvalue weighted by atomic mass is 9.89. The summed E-state index contributed by atoms with van der Waals surface area (Å²) in [4.78, 5) is 36.6. The van der Waals surface area contributed by atoms with Gasteiger partial charge in [0.2, 0.25) is 0 Å². The molecule has 4 aromatic heterocycles. The maximum absolute atomic E-state index is 12.7. The minimum absolute atomic E-state index is 0.0537. The number of anilines is 1. The Balaban J connectivity index is 1.34. The molecule has 5 heterocycles. The largest absolute Gasteiger partial charge is 0.383 e. The molecule has 6 rings (SSSR count). The molecule has 1 aromatic carbocycles. The molecule has 0 bridgehead atoms. The van der Waals surface area contributed by atoms with Gasteiger partial charge in [0.05, 0.1) is 23.1 Å². The predicted octanol–water partition coefficient (Wildman–Crippen LogP) is 3.65. The number of Topliss-reactive ketones (excluding diaryl/α,β-unsaturated/α-hetero) is 1. The summed E-state index contributed by atoms with van der Waals surface area (Å²) in [6, 6.07) is 13.9. The van der Waals surface area contributed by atoms with E-state index in [1.165, 1.54) is 17.6 Å². The number of hydrogen-bond donors (Lipinski definition) is 1. The molecule has 0 unspecified atom stereocenters. The first-order valence-corrected chi connectivity index (χ1v) is 12.3. The zero-order valence-corrected chi connectivity index (χ0v) is 20.6. The van der Waals surface area contributed by atoms with E-state index in [0.29, 0.717) is 42.8 Å². The zero-order chi connectivity index (χ0) is 26.2. The first-order chi connectivity index (χ1) is 18.5. The van der Waals surface area contributed by atoms with Gasteiger partial charge in [0, 0.05) is 41.9 Å². The number of hydrogen-bond acceptors (Lipinski definition) is 9. The molecule has 1 saturated heterocycles. The maximum atomic E-state index is 12.7. The van der Waals surface area contributed by atoms with Gasteiger partial charge in [0.1, 0.15) is 12.0 Å². The van der Waals surface area contributed by atoms with Gasteiger partial charge in [-0.1, -0.05) is 41.6 Å². The highest BCUT2D eigenvalue weighted by atomic mass is 16.6. The van der Waals surface area contributed by atoms with Crippen molar-refractivity contribution in [3.63, 3.8) is 0 Å². The summed E-state index contributed by atoms with van der Waals surface area (Å²) in [5.41, 5.74) is 11.7. The third-order valence-electron chi connectivity index (χ3n) is 6.96. The molecule has 0 saturated carbocycles. The van der Waals surface area contributed by atoms with Crippen molar-refractivity contribution in [2.75, 3.05) is 18.8 Å². The molecule has 0 radical (unpaired) electrons. The Labute approximate surface area is 217 Å². The normalized spacial score (nSPS) is 14.2. The number of nitrogen functional groups attached to an aromatic ring is 1. The minimum atomic E-state index is -0.232. The van der Waals surface area contributed by atoms with Gasteiger partial charge in [-0.25, -0.2) is 9.61 Å². The van der Waals surface area contributed by atoms with Gasteiger partial charge < -0.3 is 10.6 Å². The Bertz CT molecular complexity index is 1620. The van der Waals surface area contributed by atoms with Gasteiger partial charge in [-0.3, -0.25) is 14.6 Å². The van der Waals surface area contributed by atoms with Crippen LogP contribution in [-0.4, -0.2) is 59.6 Å². The highest BCUT2D eigenvalue weighted by Gasteiger charge is 2.31. The topological polar surface area (TPSA) is 145 Å². The lowest BCUT2D eigenvalue weighted by Crippen LogP contribution is -2.38. The molecule has 2 N–H and O–H groups in total. The van der Waals surface area contributed by atoms with Crippen LogP contribution in [0.25, 0.3) is 28.0 Å². The number of piperidine rings is 1. The molecular formula is C27H24N8O3. The molecule has 0 spiro atoms. The fraction of sp³-hybridized carbons (Fsp3) is 0.222. The number of amides is 1. The van der Waals surface area contributed by atoms with Gasteiger partial charge in [-0.2, -0.15) is 9.61 Å². The van der Waals surface area contributed by atoms with E-state index in [2.05, 4.69) is 25.0 Å². The number of rotatable bonds is 5. The number of carbonyl (C=O) groups excluding carboxylic acids is 2. The number of nitrogens with zero attached hydrogens (tertiary/aromatic N) is 7. The van der Waals surface area contributed by atoms with Crippen molar-refractivity contribution < 1.29 is 14.2 Å². The highest BCUT2D eigenvalue weighted by molar-refractivity contribution is 6.00. The summed E-state index contributed by atoms with van der Waals surface area (Å²) < 4.78 is 6.07. The molecule has 190 valence electrons. The van der Waals surface area contributed by atoms with Crippen LogP contribution in [0.1, 0.15) is 52.2 Å². The van der Waals surface area contributed by atoms with Gasteiger partial charge in [-0.05, 0) is 31.0 Å². The van der Waals surface area contributed by atoms with Crippen molar-refractivity contribution in [1.29, 1.82) is 0 Å². The van der Waals surface area contributed by atoms with E-state index < -0.39 is 0 Å². The minimum Gasteiger partial charge on any atom is -0.383 e. The monoisotopic (exact) mass is 508 g/mol. The molecule has 1 fully saturated rings. The van der Waals surface area contributed by atoms with E-state index in [4.69, 9.17) is 10.7 Å². The van der Waals surface area contributed by atoms with Crippen LogP contribution in [0.15, 0.2) is 65.7 Å². The molecular weight excluding hydrogens is 484 g/mol. The smallest absolute Gasteiger partial charge is 0.277 e. The van der Waals surface area contributed by atoms with E-state index in [1.807, 2.05) is 42.5 Å². The first-order valence-electron chi connectivity index (χ1n) is 12.3. The predicted molar refractivity (Wildman–Crippen MR) is 138 cm³/mol. The Morgan fingerprint density at radius 2 is 1.79 bits per heavy atom. The van der Waals surface area contributed by atoms with Crippen LogP contribution in [0.5, 0.6) is 0 Å². The quantitative estimate of drug-likeness (QED) is 0.352. The maximum Gasteiger partial charge on any atom is 0.277 e. The second kappa shape index (κ2) is 9.51. The van der Waals surface area contributed by atoms with Crippen LogP contribution in [0.2, 0.25) is 0 Å². The molecule has 0 aliphatic carbocycles. The van der Waals surface area contributed by atoms with Crippen LogP contribution >= 0.6 is 0 Å². The second-order valence-electron chi connectivity index (χ2n) is 9.26. The van der Waals surface area contributed by atoms with Crippen molar-refractivity contribution in [3.05, 3.63) is 78.0 Å². The van der Waals surface area contributed by atoms with Crippen molar-refractivity contribution in [3.8, 4) is 22.4 Å². The second-order valence-corrected chi connectivity index (χ2v) is 9.26. The van der Waals surface area contributed by atoms with Crippen molar-refractivity contribution in [1.82, 2.24) is 34.8 Å². The number of nitrogens with two attached hydrogens (primary N) is 1. The zero-order valence-electron chi connectivity index (χ0n) is 20.6. The molecule has 1 aliphatic heterocycles. The fourth-order valence-electron chi connectivity index (χ4n) is 5.00. The molecule has 1 aliphatic rings. The number of ketones is 1. The van der Waals surface area contributed by atoms with E-state index in [0.717, 1.165) is 22.4 Å². The van der Waals surface area contributed by atoms with E-state index >= 15 is 0 Å². The van der Waals surface area contributed by atoms with Crippen LogP contribution in [0, 0.1) is 0 Å². The Morgan fingerprint density at radius 3 is 2.45 bits per heavy atom. The molecule has 0 atom stereocenters. The summed E-state index contributed by atoms with van der Waals surface area (Å²) in [5.74, 6) is -0.208. The van der Waals surface area contributed by atoms with Gasteiger partial charge in [0.15, 0.2) is 17.1 Å². The first kappa shape index (κ1) is 23.5. The number of aromatic nitrogens is 6. The number of fused-ring (bicyclic) bond motifs is 1. The molecule has 11 nitrogen and oxygen atoms in total. The van der Waals surface area contributed by atoms with E-state index in [9.17, 15) is 9.59 Å². The van der Waals surface area contributed by atoms with Crippen molar-refractivity contribution >= 4 is 23.2 Å².